The first-order valence-electron chi connectivity index (χ1n) is 15.9. The van der Waals surface area contributed by atoms with Gasteiger partial charge in [0, 0.05) is 5.69 Å². The summed E-state index contributed by atoms with van der Waals surface area (Å²) in [6.45, 7) is 12.4. The molecule has 1 aromatic carbocycles. The van der Waals surface area contributed by atoms with E-state index in [-0.39, 0.29) is 22.0 Å². The largest absolute Gasteiger partial charge is 0.769 e. The minimum Gasteiger partial charge on any atom is -0.769 e. The van der Waals surface area contributed by atoms with E-state index < -0.39 is 5.23 Å². The first-order valence-corrected chi connectivity index (χ1v) is 15.9. The SMILES string of the molecule is CC(C)CCC[C@@H](C)[C@@H]1CC[C@H]2[C@@H]3CCC4=CC(=NNc5ccc(N([O-])[O-])cc5N(O)O)CC[C@@]4(C)[C@@H]3CC[C@@]21C. The van der Waals surface area contributed by atoms with Crippen LogP contribution in [0.25, 0.3) is 0 Å². The Bertz CT molecular complexity index is 1150. The van der Waals surface area contributed by atoms with Gasteiger partial charge >= 0.3 is 0 Å². The van der Waals surface area contributed by atoms with Gasteiger partial charge in [-0.05, 0) is 122 Å². The molecule has 0 spiro atoms. The maximum atomic E-state index is 11.1. The van der Waals surface area contributed by atoms with Crippen LogP contribution >= 0.6 is 0 Å². The average Bonchev–Trinajstić information content (AvgIpc) is 3.28. The number of nitrogens with one attached hydrogen (secondary N) is 1. The summed E-state index contributed by atoms with van der Waals surface area (Å²) in [5.74, 6) is 4.93. The minimum absolute atomic E-state index is 0.107. The molecule has 3 N–H and O–H groups in total. The van der Waals surface area contributed by atoms with Gasteiger partial charge in [0.05, 0.1) is 11.4 Å². The number of rotatable bonds is 9. The van der Waals surface area contributed by atoms with Gasteiger partial charge in [0.2, 0.25) is 0 Å². The van der Waals surface area contributed by atoms with E-state index in [2.05, 4.69) is 51.2 Å². The molecule has 41 heavy (non-hydrogen) atoms. The summed E-state index contributed by atoms with van der Waals surface area (Å²) in [7, 11) is 0. The van der Waals surface area contributed by atoms with Crippen LogP contribution in [0.2, 0.25) is 0 Å². The highest BCUT2D eigenvalue weighted by molar-refractivity contribution is 5.97. The van der Waals surface area contributed by atoms with E-state index in [1.165, 1.54) is 69.1 Å². The second kappa shape index (κ2) is 11.9. The first kappa shape index (κ1) is 30.3. The highest BCUT2D eigenvalue weighted by Gasteiger charge is 2.59. The molecule has 7 atom stereocenters. The van der Waals surface area contributed by atoms with Crippen LogP contribution in [0.3, 0.4) is 0 Å². The van der Waals surface area contributed by atoms with Gasteiger partial charge in [-0.15, -0.1) is 5.23 Å². The second-order valence-electron chi connectivity index (χ2n) is 14.5. The van der Waals surface area contributed by atoms with Crippen LogP contribution in [0.1, 0.15) is 105 Å². The molecular formula is C33H50N4O4-2. The lowest BCUT2D eigenvalue weighted by atomic mass is 9.46. The van der Waals surface area contributed by atoms with Gasteiger partial charge in [-0.1, -0.05) is 59.5 Å². The lowest BCUT2D eigenvalue weighted by molar-refractivity contribution is -0.0573. The number of benzene rings is 1. The highest BCUT2D eigenvalue weighted by Crippen LogP contribution is 2.67. The third-order valence-electron chi connectivity index (χ3n) is 11.9. The Balaban J connectivity index is 1.28. The van der Waals surface area contributed by atoms with Crippen molar-refractivity contribution in [2.45, 2.75) is 105 Å². The summed E-state index contributed by atoms with van der Waals surface area (Å²) < 4.78 is 0. The highest BCUT2D eigenvalue weighted by atomic mass is 16.8. The van der Waals surface area contributed by atoms with E-state index >= 15 is 0 Å². The van der Waals surface area contributed by atoms with E-state index in [1.807, 2.05) is 0 Å². The standard InChI is InChI=1S/C33H50N4O4/c1-21(2)7-6-8-22(3)27-12-13-28-26-11-9-23-19-24(15-17-32(23,4)29(26)16-18-33(27,28)5)34-35-30-14-10-25(36(38)39)20-31(30)37(40)41/h10,14,19-22,26-29,35,40-41H,6-9,11-13,15-18H2,1-5H3/q-2/t22-,26+,27+,28+,29-,32-,33-/m1/s1. The van der Waals surface area contributed by atoms with Crippen molar-refractivity contribution in [3.8, 4) is 0 Å². The molecule has 0 bridgehead atoms. The summed E-state index contributed by atoms with van der Waals surface area (Å²) >= 11 is 0. The molecule has 3 fully saturated rings. The van der Waals surface area contributed by atoms with Gasteiger partial charge in [0.1, 0.15) is 5.69 Å². The molecule has 0 aromatic heterocycles. The van der Waals surface area contributed by atoms with Crippen LogP contribution in [-0.2, 0) is 0 Å². The number of allylic oxidation sites excluding steroid dienone is 2. The van der Waals surface area contributed by atoms with E-state index in [9.17, 15) is 20.8 Å². The number of nitrogens with zero attached hydrogens (tertiary/aromatic N) is 3. The Morgan fingerprint density at radius 2 is 1.78 bits per heavy atom. The van der Waals surface area contributed by atoms with E-state index in [1.54, 1.807) is 0 Å². The first-order chi connectivity index (χ1) is 19.4. The minimum atomic E-state index is -0.570. The summed E-state index contributed by atoms with van der Waals surface area (Å²) in [6, 6.07) is 3.88. The third-order valence-corrected chi connectivity index (χ3v) is 11.9. The quantitative estimate of drug-likeness (QED) is 0.255. The number of hydrazone groups is 1. The number of hydrogen-bond acceptors (Lipinski definition) is 8. The predicted molar refractivity (Wildman–Crippen MR) is 166 cm³/mol. The smallest absolute Gasteiger partial charge is 0.121 e. The van der Waals surface area contributed by atoms with Crippen molar-refractivity contribution in [2.24, 2.45) is 51.4 Å². The molecule has 0 radical (unpaired) electrons. The van der Waals surface area contributed by atoms with Gasteiger partial charge < -0.3 is 15.6 Å². The van der Waals surface area contributed by atoms with Crippen molar-refractivity contribution in [3.63, 3.8) is 0 Å². The zero-order valence-corrected chi connectivity index (χ0v) is 25.6. The molecule has 0 amide bonds. The topological polar surface area (TPSA) is 117 Å². The number of fused-ring (bicyclic) bond motifs is 5. The molecule has 4 aliphatic carbocycles. The number of hydrogen-bond donors (Lipinski definition) is 3. The molecule has 0 heterocycles. The van der Waals surface area contributed by atoms with Crippen LogP contribution in [0.4, 0.5) is 17.1 Å². The van der Waals surface area contributed by atoms with Crippen LogP contribution in [0.15, 0.2) is 34.9 Å². The van der Waals surface area contributed by atoms with Gasteiger partial charge in [0.25, 0.3) is 0 Å². The molecule has 0 saturated heterocycles. The van der Waals surface area contributed by atoms with Crippen molar-refractivity contribution in [1.29, 1.82) is 0 Å². The Morgan fingerprint density at radius 3 is 2.49 bits per heavy atom. The summed E-state index contributed by atoms with van der Waals surface area (Å²) in [6.07, 6.45) is 16.3. The third kappa shape index (κ3) is 5.77. The Kier molecular flexibility index (Phi) is 8.78. The summed E-state index contributed by atoms with van der Waals surface area (Å²) in [5.41, 5.74) is 6.05. The van der Waals surface area contributed by atoms with Crippen LogP contribution in [-0.4, -0.2) is 16.1 Å². The molecule has 8 nitrogen and oxygen atoms in total. The van der Waals surface area contributed by atoms with Crippen molar-refractivity contribution < 1.29 is 10.4 Å². The normalized spacial score (nSPS) is 34.5. The Morgan fingerprint density at radius 1 is 1.00 bits per heavy atom. The van der Waals surface area contributed by atoms with E-state index in [0.717, 1.165) is 66.5 Å². The molecule has 0 aliphatic heterocycles. The molecular weight excluding hydrogens is 516 g/mol. The van der Waals surface area contributed by atoms with Crippen LogP contribution < -0.4 is 15.9 Å². The van der Waals surface area contributed by atoms with Crippen molar-refractivity contribution in [2.75, 3.05) is 15.9 Å². The molecule has 3 saturated carbocycles. The molecule has 4 aliphatic rings. The van der Waals surface area contributed by atoms with Crippen LogP contribution in [0, 0.1) is 56.8 Å². The molecule has 228 valence electrons. The monoisotopic (exact) mass is 566 g/mol. The maximum Gasteiger partial charge on any atom is 0.121 e. The Hall–Kier alpha value is -2.13. The average molecular weight is 567 g/mol. The fourth-order valence-corrected chi connectivity index (χ4v) is 9.71. The molecule has 0 unspecified atom stereocenters. The predicted octanol–water partition coefficient (Wildman–Crippen LogP) is 8.88. The molecule has 1 aromatic rings. The fourth-order valence-electron chi connectivity index (χ4n) is 9.71. The van der Waals surface area contributed by atoms with Crippen LogP contribution in [0.5, 0.6) is 0 Å². The van der Waals surface area contributed by atoms with E-state index in [4.69, 9.17) is 0 Å². The summed E-state index contributed by atoms with van der Waals surface area (Å²) in [5, 5.41) is 45.3. The van der Waals surface area contributed by atoms with E-state index in [0.29, 0.717) is 11.1 Å². The van der Waals surface area contributed by atoms with Gasteiger partial charge in [-0.2, -0.15) is 5.10 Å². The van der Waals surface area contributed by atoms with Gasteiger partial charge in [-0.3, -0.25) is 15.8 Å². The zero-order valence-electron chi connectivity index (χ0n) is 25.6. The zero-order chi connectivity index (χ0) is 29.5. The van der Waals surface area contributed by atoms with Gasteiger partial charge in [0.15, 0.2) is 0 Å². The van der Waals surface area contributed by atoms with Crippen molar-refractivity contribution in [3.05, 3.63) is 40.3 Å². The molecule has 5 rings (SSSR count). The van der Waals surface area contributed by atoms with Crippen molar-refractivity contribution >= 4 is 22.8 Å². The summed E-state index contributed by atoms with van der Waals surface area (Å²) in [4.78, 5) is 0. The molecule has 8 heteroatoms. The lowest BCUT2D eigenvalue weighted by Gasteiger charge is -2.58. The fraction of sp³-hybridized carbons (Fsp3) is 0.727. The lowest BCUT2D eigenvalue weighted by Crippen LogP contribution is -2.51. The maximum absolute atomic E-state index is 11.1. The number of anilines is 3. The second-order valence-corrected chi connectivity index (χ2v) is 14.5. The van der Waals surface area contributed by atoms with Gasteiger partial charge in [-0.25, -0.2) is 0 Å². The Labute approximate surface area is 245 Å². The van der Waals surface area contributed by atoms with Crippen molar-refractivity contribution in [1.82, 2.24) is 0 Å².